The van der Waals surface area contributed by atoms with Crippen LogP contribution >= 0.6 is 11.3 Å². The number of carbonyl (C=O) groups excluding carboxylic acids is 1. The zero-order valence-corrected chi connectivity index (χ0v) is 23.2. The van der Waals surface area contributed by atoms with Crippen molar-refractivity contribution in [1.29, 1.82) is 0 Å². The molecule has 2 aromatic carbocycles. The van der Waals surface area contributed by atoms with Crippen molar-refractivity contribution in [1.82, 2.24) is 4.57 Å². The molecule has 1 aromatic heterocycles. The van der Waals surface area contributed by atoms with Gasteiger partial charge in [-0.2, -0.15) is 0 Å². The zero-order chi connectivity index (χ0) is 27.9. The van der Waals surface area contributed by atoms with E-state index >= 15 is 0 Å². The fourth-order valence-corrected chi connectivity index (χ4v) is 5.26. The molecule has 0 radical (unpaired) electrons. The number of unbranched alkanes of at least 4 members (excludes halogenated alkanes) is 1. The van der Waals surface area contributed by atoms with Crippen LogP contribution in [-0.4, -0.2) is 49.7 Å². The number of aromatic nitrogens is 1. The Morgan fingerprint density at radius 2 is 1.90 bits per heavy atom. The van der Waals surface area contributed by atoms with Crippen molar-refractivity contribution in [2.75, 3.05) is 34.0 Å². The molecule has 1 N–H and O–H groups in total. The Bertz CT molecular complexity index is 1540. The van der Waals surface area contributed by atoms with Crippen molar-refractivity contribution in [3.8, 4) is 17.2 Å². The molecule has 0 spiro atoms. The quantitative estimate of drug-likeness (QED) is 0.287. The van der Waals surface area contributed by atoms with Gasteiger partial charge in [0.1, 0.15) is 12.4 Å². The fourth-order valence-electron chi connectivity index (χ4n) is 4.21. The molecule has 3 aromatic rings. The Balaban J connectivity index is 1.81. The Morgan fingerprint density at radius 1 is 1.13 bits per heavy atom. The number of hydrogen-bond donors (Lipinski definition) is 1. The van der Waals surface area contributed by atoms with Gasteiger partial charge in [-0.05, 0) is 54.8 Å². The summed E-state index contributed by atoms with van der Waals surface area (Å²) in [6.45, 7) is 4.79. The highest BCUT2D eigenvalue weighted by atomic mass is 32.1. The number of esters is 1. The van der Waals surface area contributed by atoms with E-state index in [9.17, 15) is 14.7 Å². The zero-order valence-electron chi connectivity index (χ0n) is 22.4. The minimum absolute atomic E-state index is 0.00508. The van der Waals surface area contributed by atoms with Crippen molar-refractivity contribution in [2.24, 2.45) is 4.99 Å². The maximum absolute atomic E-state index is 13.8. The molecule has 0 saturated heterocycles. The lowest BCUT2D eigenvalue weighted by molar-refractivity contribution is -0.140. The molecule has 10 heteroatoms. The molecule has 0 bridgehead atoms. The van der Waals surface area contributed by atoms with Crippen LogP contribution in [0.3, 0.4) is 0 Å². The number of ether oxygens (including phenoxy) is 4. The SMILES string of the molecule is CCCCOc1ccc(C2C(C(=O)OCCOC)=C(C)N=c3sc(=Cc4ccc(O)c(OC)c4)c(=O)n32)cc1. The van der Waals surface area contributed by atoms with E-state index in [2.05, 4.69) is 11.9 Å². The summed E-state index contributed by atoms with van der Waals surface area (Å²) in [7, 11) is 2.99. The monoisotopic (exact) mass is 552 g/mol. The second-order valence-corrected chi connectivity index (χ2v) is 9.92. The molecule has 0 saturated carbocycles. The number of nitrogens with zero attached hydrogens (tertiary/aromatic N) is 2. The number of phenolic OH excluding ortho intramolecular Hbond substituents is 1. The molecular weight excluding hydrogens is 520 g/mol. The van der Waals surface area contributed by atoms with Crippen LogP contribution in [0.2, 0.25) is 0 Å². The summed E-state index contributed by atoms with van der Waals surface area (Å²) in [5.74, 6) is 0.461. The summed E-state index contributed by atoms with van der Waals surface area (Å²) in [5.41, 5.74) is 1.87. The topological polar surface area (TPSA) is 109 Å². The smallest absolute Gasteiger partial charge is 0.338 e. The van der Waals surface area contributed by atoms with Crippen LogP contribution in [0.15, 0.2) is 63.5 Å². The maximum Gasteiger partial charge on any atom is 0.338 e. The van der Waals surface area contributed by atoms with Crippen LogP contribution in [-0.2, 0) is 14.3 Å². The third kappa shape index (κ3) is 6.23. The predicted octanol–water partition coefficient (Wildman–Crippen LogP) is 3.32. The van der Waals surface area contributed by atoms with Gasteiger partial charge in [-0.1, -0.05) is 42.9 Å². The molecule has 0 aliphatic carbocycles. The summed E-state index contributed by atoms with van der Waals surface area (Å²) in [5, 5.41) is 9.93. The molecule has 0 amide bonds. The van der Waals surface area contributed by atoms with Crippen LogP contribution in [0.4, 0.5) is 0 Å². The van der Waals surface area contributed by atoms with E-state index in [4.69, 9.17) is 18.9 Å². The van der Waals surface area contributed by atoms with Gasteiger partial charge in [0, 0.05) is 7.11 Å². The first kappa shape index (κ1) is 28.1. The standard InChI is InChI=1S/C29H32N2O7S/c1-5-6-13-37-21-10-8-20(9-11-21)26-25(28(34)38-15-14-35-3)18(2)30-29-31(26)27(33)24(39-29)17-19-7-12-22(32)23(16-19)36-4/h7-12,16-17,26,32H,5-6,13-15H2,1-4H3. The van der Waals surface area contributed by atoms with Gasteiger partial charge < -0.3 is 24.1 Å². The number of fused-ring (bicyclic) bond motifs is 1. The van der Waals surface area contributed by atoms with E-state index < -0.39 is 12.0 Å². The summed E-state index contributed by atoms with van der Waals surface area (Å²) in [4.78, 5) is 32.1. The van der Waals surface area contributed by atoms with E-state index in [-0.39, 0.29) is 30.1 Å². The molecule has 1 aliphatic heterocycles. The average molecular weight is 553 g/mol. The van der Waals surface area contributed by atoms with Gasteiger partial charge in [0.15, 0.2) is 16.3 Å². The van der Waals surface area contributed by atoms with Gasteiger partial charge in [0.2, 0.25) is 0 Å². The molecule has 1 aliphatic rings. The number of thiazole rings is 1. The van der Waals surface area contributed by atoms with Crippen molar-refractivity contribution < 1.29 is 28.8 Å². The number of hydrogen-bond acceptors (Lipinski definition) is 9. The lowest BCUT2D eigenvalue weighted by Crippen LogP contribution is -2.40. The molecule has 1 unspecified atom stereocenters. The molecular formula is C29H32N2O7S. The first-order valence-electron chi connectivity index (χ1n) is 12.7. The number of rotatable bonds is 11. The van der Waals surface area contributed by atoms with Crippen LogP contribution < -0.4 is 24.4 Å². The van der Waals surface area contributed by atoms with Crippen molar-refractivity contribution >= 4 is 23.4 Å². The van der Waals surface area contributed by atoms with E-state index in [0.717, 1.165) is 18.4 Å². The number of carbonyl (C=O) groups is 1. The summed E-state index contributed by atoms with van der Waals surface area (Å²) < 4.78 is 23.4. The Hall–Kier alpha value is -3.89. The van der Waals surface area contributed by atoms with Crippen LogP contribution in [0, 0.1) is 0 Å². The second-order valence-electron chi connectivity index (χ2n) is 8.91. The largest absolute Gasteiger partial charge is 0.504 e. The van der Waals surface area contributed by atoms with Crippen molar-refractivity contribution in [3.63, 3.8) is 0 Å². The summed E-state index contributed by atoms with van der Waals surface area (Å²) in [6, 6.07) is 11.5. The number of aromatic hydroxyl groups is 1. The van der Waals surface area contributed by atoms with E-state index in [0.29, 0.717) is 38.7 Å². The number of phenols is 1. The molecule has 1 atom stereocenters. The number of allylic oxidation sites excluding steroid dienone is 1. The Kier molecular flexibility index (Phi) is 9.21. The predicted molar refractivity (Wildman–Crippen MR) is 148 cm³/mol. The van der Waals surface area contributed by atoms with Gasteiger partial charge in [0.05, 0.1) is 42.2 Å². The molecule has 206 valence electrons. The highest BCUT2D eigenvalue weighted by Crippen LogP contribution is 2.32. The van der Waals surface area contributed by atoms with Crippen molar-refractivity contribution in [2.45, 2.75) is 32.7 Å². The maximum atomic E-state index is 13.8. The average Bonchev–Trinajstić information content (AvgIpc) is 3.23. The van der Waals surface area contributed by atoms with Gasteiger partial charge in [0.25, 0.3) is 5.56 Å². The normalized spacial score (nSPS) is 15.1. The molecule has 2 heterocycles. The van der Waals surface area contributed by atoms with E-state index in [1.165, 1.54) is 36.2 Å². The first-order chi connectivity index (χ1) is 18.9. The van der Waals surface area contributed by atoms with Crippen molar-refractivity contribution in [3.05, 3.63) is 84.5 Å². The minimum atomic E-state index is -0.738. The number of methoxy groups -OCH3 is 2. The van der Waals surface area contributed by atoms with Crippen LogP contribution in [0.25, 0.3) is 6.08 Å². The summed E-state index contributed by atoms with van der Waals surface area (Å²) in [6.07, 6.45) is 3.69. The molecule has 9 nitrogen and oxygen atoms in total. The lowest BCUT2D eigenvalue weighted by atomic mass is 9.96. The molecule has 39 heavy (non-hydrogen) atoms. The molecule has 0 fully saturated rings. The lowest BCUT2D eigenvalue weighted by Gasteiger charge is -2.25. The van der Waals surface area contributed by atoms with Crippen LogP contribution in [0.1, 0.15) is 43.9 Å². The van der Waals surface area contributed by atoms with Gasteiger partial charge in [-0.3, -0.25) is 9.36 Å². The minimum Gasteiger partial charge on any atom is -0.504 e. The Morgan fingerprint density at radius 3 is 2.59 bits per heavy atom. The van der Waals surface area contributed by atoms with Crippen LogP contribution in [0.5, 0.6) is 17.2 Å². The van der Waals surface area contributed by atoms with Gasteiger partial charge in [-0.25, -0.2) is 9.79 Å². The first-order valence-corrected chi connectivity index (χ1v) is 13.5. The molecule has 4 rings (SSSR count). The van der Waals surface area contributed by atoms with E-state index in [1.807, 2.05) is 24.3 Å². The highest BCUT2D eigenvalue weighted by molar-refractivity contribution is 7.07. The van der Waals surface area contributed by atoms with Gasteiger partial charge >= 0.3 is 5.97 Å². The summed E-state index contributed by atoms with van der Waals surface area (Å²) >= 11 is 1.22. The fraction of sp³-hybridized carbons (Fsp3) is 0.345. The number of benzene rings is 2. The third-order valence-corrected chi connectivity index (χ3v) is 7.21. The third-order valence-electron chi connectivity index (χ3n) is 6.23. The second kappa shape index (κ2) is 12.8. The van der Waals surface area contributed by atoms with Gasteiger partial charge in [-0.15, -0.1) is 0 Å². The highest BCUT2D eigenvalue weighted by Gasteiger charge is 2.33. The van der Waals surface area contributed by atoms with E-state index in [1.54, 1.807) is 25.1 Å². The Labute approximate surface area is 230 Å².